The van der Waals surface area contributed by atoms with Gasteiger partial charge in [-0.3, -0.25) is 9.20 Å². The Kier molecular flexibility index (Phi) is 5.19. The number of nitrogens with two attached hydrogens (primary N) is 1. The van der Waals surface area contributed by atoms with Gasteiger partial charge in [-0.2, -0.15) is 13.2 Å². The summed E-state index contributed by atoms with van der Waals surface area (Å²) in [6.45, 7) is -1.25. The molecule has 0 spiro atoms. The first-order valence-electron chi connectivity index (χ1n) is 11.5. The van der Waals surface area contributed by atoms with Crippen molar-refractivity contribution in [3.05, 3.63) is 76.6 Å². The summed E-state index contributed by atoms with van der Waals surface area (Å²) in [5.74, 6) is -6.86. The fourth-order valence-electron chi connectivity index (χ4n) is 3.56. The van der Waals surface area contributed by atoms with E-state index in [0.29, 0.717) is 17.8 Å². The predicted molar refractivity (Wildman–Crippen MR) is 117 cm³/mol. The average molecular weight is 512 g/mol. The molecule has 2 heterocycles. The number of nitrogens with one attached hydrogen (secondary N) is 1. The van der Waals surface area contributed by atoms with Crippen LogP contribution in [0.1, 0.15) is 32.9 Å². The SMILES string of the molecule is [2H]C([2H])([2H])c1nc(-c2ccc(NC(=O)[C@H](O)c3cc(F)cc(C(F)(F)F)c3)c(F)c2F)c2c(N)nc(C)cn12. The van der Waals surface area contributed by atoms with Crippen LogP contribution in [0.25, 0.3) is 16.8 Å². The molecule has 2 aromatic carbocycles. The number of hydrogen-bond acceptors (Lipinski definition) is 5. The summed E-state index contributed by atoms with van der Waals surface area (Å²) in [5, 5.41) is 12.0. The summed E-state index contributed by atoms with van der Waals surface area (Å²) < 4.78 is 107. The van der Waals surface area contributed by atoms with Crippen LogP contribution in [0.5, 0.6) is 0 Å². The Morgan fingerprint density at radius 1 is 1.17 bits per heavy atom. The summed E-state index contributed by atoms with van der Waals surface area (Å²) in [5.41, 5.74) is 2.13. The molecule has 1 amide bonds. The first kappa shape index (κ1) is 21.2. The molecule has 2 aromatic heterocycles. The molecule has 4 N–H and O–H groups in total. The molecule has 7 nitrogen and oxygen atoms in total. The number of aliphatic hydroxyl groups is 1. The quantitative estimate of drug-likeness (QED) is 0.344. The molecule has 0 unspecified atom stereocenters. The smallest absolute Gasteiger partial charge is 0.382 e. The highest BCUT2D eigenvalue weighted by Crippen LogP contribution is 2.34. The van der Waals surface area contributed by atoms with E-state index in [4.69, 9.17) is 9.85 Å². The van der Waals surface area contributed by atoms with Crippen molar-refractivity contribution in [1.29, 1.82) is 0 Å². The van der Waals surface area contributed by atoms with E-state index >= 15 is 4.39 Å². The molecule has 13 heteroatoms. The molecule has 0 aliphatic heterocycles. The lowest BCUT2D eigenvalue weighted by atomic mass is 10.0. The second-order valence-electron chi connectivity index (χ2n) is 7.72. The molecule has 0 saturated heterocycles. The van der Waals surface area contributed by atoms with Gasteiger partial charge < -0.3 is 16.2 Å². The molecule has 188 valence electrons. The molecular formula is C23H17F6N5O2. The molecule has 4 aromatic rings. The number of amides is 1. The highest BCUT2D eigenvalue weighted by Gasteiger charge is 2.33. The molecule has 1 atom stereocenters. The zero-order chi connectivity index (χ0) is 29.0. The Labute approximate surface area is 203 Å². The Morgan fingerprint density at radius 3 is 2.56 bits per heavy atom. The zero-order valence-electron chi connectivity index (χ0n) is 21.1. The molecule has 0 aliphatic carbocycles. The van der Waals surface area contributed by atoms with Crippen LogP contribution in [0.2, 0.25) is 0 Å². The third-order valence-corrected chi connectivity index (χ3v) is 5.17. The van der Waals surface area contributed by atoms with Crippen molar-refractivity contribution in [1.82, 2.24) is 14.4 Å². The van der Waals surface area contributed by atoms with Crippen LogP contribution < -0.4 is 11.1 Å². The van der Waals surface area contributed by atoms with Crippen molar-refractivity contribution < 1.29 is 40.4 Å². The van der Waals surface area contributed by atoms with Crippen LogP contribution in [0.3, 0.4) is 0 Å². The number of alkyl halides is 3. The fourth-order valence-corrected chi connectivity index (χ4v) is 3.56. The molecular weight excluding hydrogens is 492 g/mol. The van der Waals surface area contributed by atoms with Crippen LogP contribution in [-0.2, 0) is 11.0 Å². The number of nitrogens with zero attached hydrogens (tertiary/aromatic N) is 3. The number of hydrogen-bond donors (Lipinski definition) is 3. The number of benzene rings is 2. The van der Waals surface area contributed by atoms with Crippen molar-refractivity contribution in [3.63, 3.8) is 0 Å². The van der Waals surface area contributed by atoms with Crippen molar-refractivity contribution >= 4 is 22.9 Å². The van der Waals surface area contributed by atoms with Crippen molar-refractivity contribution in [2.75, 3.05) is 11.1 Å². The number of halogens is 6. The van der Waals surface area contributed by atoms with Gasteiger partial charge in [0.1, 0.15) is 28.7 Å². The van der Waals surface area contributed by atoms with E-state index in [1.807, 2.05) is 5.32 Å². The van der Waals surface area contributed by atoms with Crippen molar-refractivity contribution in [2.45, 2.75) is 26.1 Å². The Bertz CT molecular complexity index is 1620. The van der Waals surface area contributed by atoms with Gasteiger partial charge in [0.15, 0.2) is 17.7 Å². The highest BCUT2D eigenvalue weighted by molar-refractivity contribution is 5.95. The number of nitrogen functional groups attached to an aromatic ring is 1. The van der Waals surface area contributed by atoms with Gasteiger partial charge in [0.05, 0.1) is 16.9 Å². The number of aliphatic hydroxyl groups excluding tert-OH is 1. The number of aromatic nitrogens is 3. The number of fused-ring (bicyclic) bond motifs is 1. The lowest BCUT2D eigenvalue weighted by Gasteiger charge is -2.15. The van der Waals surface area contributed by atoms with E-state index in [0.717, 1.165) is 16.5 Å². The average Bonchev–Trinajstić information content (AvgIpc) is 3.20. The summed E-state index contributed by atoms with van der Waals surface area (Å²) in [4.78, 5) is 20.4. The standard InChI is InChI=1S/C23H17F6N5O2/c1-9-8-34-10(2)32-18(19(34)21(30)31-9)14-3-4-15(17(26)16(14)25)33-22(36)20(35)11-5-12(23(27,28)29)7-13(24)6-11/h3-8,20,35H,1-2H3,(H2,30,31)(H,33,36)/t20-/m1/s1/i2D3. The Morgan fingerprint density at radius 2 is 1.89 bits per heavy atom. The van der Waals surface area contributed by atoms with E-state index in [-0.39, 0.29) is 23.1 Å². The van der Waals surface area contributed by atoms with Crippen molar-refractivity contribution in [2.24, 2.45) is 0 Å². The third-order valence-electron chi connectivity index (χ3n) is 5.17. The third kappa shape index (κ3) is 4.44. The largest absolute Gasteiger partial charge is 0.416 e. The molecule has 0 aliphatic rings. The lowest BCUT2D eigenvalue weighted by Crippen LogP contribution is -2.22. The van der Waals surface area contributed by atoms with Gasteiger partial charge in [0, 0.05) is 15.9 Å². The summed E-state index contributed by atoms with van der Waals surface area (Å²) >= 11 is 0. The monoisotopic (exact) mass is 512 g/mol. The van der Waals surface area contributed by atoms with E-state index in [2.05, 4.69) is 9.97 Å². The summed E-state index contributed by atoms with van der Waals surface area (Å²) in [6.07, 6.45) is -6.06. The topological polar surface area (TPSA) is 106 Å². The second kappa shape index (κ2) is 8.82. The van der Waals surface area contributed by atoms with Gasteiger partial charge in [0.2, 0.25) is 0 Å². The van der Waals surface area contributed by atoms with Gasteiger partial charge in [-0.25, -0.2) is 23.1 Å². The molecule has 36 heavy (non-hydrogen) atoms. The van der Waals surface area contributed by atoms with Crippen LogP contribution in [0.15, 0.2) is 36.5 Å². The first-order chi connectivity index (χ1) is 18.0. The molecule has 0 radical (unpaired) electrons. The minimum Gasteiger partial charge on any atom is -0.382 e. The van der Waals surface area contributed by atoms with E-state index in [9.17, 15) is 31.9 Å². The summed E-state index contributed by atoms with van der Waals surface area (Å²) in [7, 11) is 0. The maximum atomic E-state index is 15.2. The van der Waals surface area contributed by atoms with Crippen LogP contribution >= 0.6 is 0 Å². The van der Waals surface area contributed by atoms with Crippen LogP contribution in [0, 0.1) is 31.2 Å². The molecule has 4 rings (SSSR count). The van der Waals surface area contributed by atoms with Gasteiger partial charge in [-0.05, 0) is 49.7 Å². The van der Waals surface area contributed by atoms with Gasteiger partial charge in [0.25, 0.3) is 5.91 Å². The van der Waals surface area contributed by atoms with E-state index in [1.165, 1.54) is 13.1 Å². The lowest BCUT2D eigenvalue weighted by molar-refractivity contribution is -0.138. The number of anilines is 2. The van der Waals surface area contributed by atoms with Crippen LogP contribution in [-0.4, -0.2) is 25.4 Å². The van der Waals surface area contributed by atoms with Crippen molar-refractivity contribution in [3.8, 4) is 11.3 Å². The van der Waals surface area contributed by atoms with Gasteiger partial charge in [-0.15, -0.1) is 0 Å². The number of rotatable bonds is 4. The van der Waals surface area contributed by atoms with Gasteiger partial charge >= 0.3 is 6.18 Å². The number of aryl methyl sites for hydroxylation is 2. The predicted octanol–water partition coefficient (Wildman–Crippen LogP) is 4.70. The van der Waals surface area contributed by atoms with E-state index < -0.39 is 70.7 Å². The molecule has 0 fully saturated rings. The number of imidazole rings is 1. The number of carbonyl (C=O) groups excluding carboxylic acids is 1. The normalized spacial score (nSPS) is 14.3. The minimum atomic E-state index is -4.98. The maximum Gasteiger partial charge on any atom is 0.416 e. The van der Waals surface area contributed by atoms with Crippen LogP contribution in [0.4, 0.5) is 37.8 Å². The Balaban J connectivity index is 1.72. The first-order valence-corrected chi connectivity index (χ1v) is 9.99. The maximum absolute atomic E-state index is 15.2. The number of carbonyl (C=O) groups is 1. The summed E-state index contributed by atoms with van der Waals surface area (Å²) in [6, 6.07) is 2.76. The Hall–Kier alpha value is -4.13. The van der Waals surface area contributed by atoms with E-state index in [1.54, 1.807) is 0 Å². The van der Waals surface area contributed by atoms with Gasteiger partial charge in [-0.1, -0.05) is 0 Å². The zero-order valence-corrected chi connectivity index (χ0v) is 18.1. The second-order valence-corrected chi connectivity index (χ2v) is 7.72. The fraction of sp³-hybridized carbons (Fsp3) is 0.174. The molecule has 0 bridgehead atoms. The minimum absolute atomic E-state index is 0.121. The highest BCUT2D eigenvalue weighted by atomic mass is 19.4. The molecule has 0 saturated carbocycles.